The maximum absolute atomic E-state index is 9.93. The van der Waals surface area contributed by atoms with Crippen molar-refractivity contribution >= 4 is 22.5 Å². The van der Waals surface area contributed by atoms with Gasteiger partial charge in [0.2, 0.25) is 0 Å². The maximum Gasteiger partial charge on any atom is 0.120 e. The minimum atomic E-state index is -0.00910. The number of phenols is 1. The zero-order valence-electron chi connectivity index (χ0n) is 12.3. The average molecular weight is 313 g/mol. The Labute approximate surface area is 134 Å². The summed E-state index contributed by atoms with van der Waals surface area (Å²) < 4.78 is 0. The second kappa shape index (κ2) is 6.34. The minimum Gasteiger partial charge on any atom is -0.508 e. The number of pyridine rings is 1. The molecule has 0 fully saturated rings. The second-order valence-electron chi connectivity index (χ2n) is 5.34. The highest BCUT2D eigenvalue weighted by Gasteiger charge is 2.10. The molecule has 1 atom stereocenters. The molecule has 1 aromatic heterocycles. The Hall–Kier alpha value is -2.10. The van der Waals surface area contributed by atoms with Crippen molar-refractivity contribution in [1.29, 1.82) is 0 Å². The largest absolute Gasteiger partial charge is 0.508 e. The molecule has 3 nitrogen and oxygen atoms in total. The highest BCUT2D eigenvalue weighted by molar-refractivity contribution is 6.30. The van der Waals surface area contributed by atoms with Gasteiger partial charge in [-0.2, -0.15) is 0 Å². The lowest BCUT2D eigenvalue weighted by Gasteiger charge is -2.16. The summed E-state index contributed by atoms with van der Waals surface area (Å²) in [5.41, 5.74) is 2.89. The third-order valence-corrected chi connectivity index (χ3v) is 3.95. The van der Waals surface area contributed by atoms with Crippen molar-refractivity contribution < 1.29 is 5.11 Å². The van der Waals surface area contributed by atoms with Gasteiger partial charge in [0.05, 0.1) is 5.52 Å². The summed E-state index contributed by atoms with van der Waals surface area (Å²) in [6.45, 7) is 2.67. The molecule has 3 aromatic rings. The van der Waals surface area contributed by atoms with Gasteiger partial charge < -0.3 is 10.4 Å². The van der Waals surface area contributed by atoms with Crippen LogP contribution in [0.1, 0.15) is 24.1 Å². The van der Waals surface area contributed by atoms with E-state index in [1.807, 2.05) is 31.3 Å². The number of para-hydroxylation sites is 1. The van der Waals surface area contributed by atoms with Gasteiger partial charge >= 0.3 is 0 Å². The third kappa shape index (κ3) is 3.21. The molecule has 22 heavy (non-hydrogen) atoms. The summed E-state index contributed by atoms with van der Waals surface area (Å²) in [6, 6.07) is 15.2. The first-order valence-corrected chi connectivity index (χ1v) is 7.57. The van der Waals surface area contributed by atoms with E-state index in [9.17, 15) is 5.11 Å². The van der Waals surface area contributed by atoms with E-state index in [1.165, 1.54) is 0 Å². The van der Waals surface area contributed by atoms with Gasteiger partial charge in [0.25, 0.3) is 0 Å². The number of halogens is 1. The van der Waals surface area contributed by atoms with Gasteiger partial charge in [-0.05, 0) is 42.8 Å². The fourth-order valence-corrected chi connectivity index (χ4v) is 2.65. The summed E-state index contributed by atoms with van der Waals surface area (Å²) in [4.78, 5) is 4.45. The van der Waals surface area contributed by atoms with Crippen LogP contribution in [0.4, 0.5) is 0 Å². The topological polar surface area (TPSA) is 45.2 Å². The van der Waals surface area contributed by atoms with E-state index >= 15 is 0 Å². The van der Waals surface area contributed by atoms with Crippen LogP contribution in [0.25, 0.3) is 10.9 Å². The number of aromatic nitrogens is 1. The number of rotatable bonds is 4. The van der Waals surface area contributed by atoms with Gasteiger partial charge in [-0.25, -0.2) is 0 Å². The van der Waals surface area contributed by atoms with E-state index in [1.54, 1.807) is 18.2 Å². The molecular formula is C18H17ClN2O. The van der Waals surface area contributed by atoms with Crippen molar-refractivity contribution in [2.45, 2.75) is 19.5 Å². The van der Waals surface area contributed by atoms with Gasteiger partial charge in [-0.15, -0.1) is 0 Å². The van der Waals surface area contributed by atoms with E-state index in [0.717, 1.165) is 22.0 Å². The highest BCUT2D eigenvalue weighted by Crippen LogP contribution is 2.27. The Balaban J connectivity index is 1.74. The predicted molar refractivity (Wildman–Crippen MR) is 90.1 cm³/mol. The van der Waals surface area contributed by atoms with Gasteiger partial charge in [-0.3, -0.25) is 4.98 Å². The smallest absolute Gasteiger partial charge is 0.120 e. The SMILES string of the molecule is CC(NCc1cnc2ccccc2c1)c1cc(Cl)ccc1O. The number of fused-ring (bicyclic) bond motifs is 1. The van der Waals surface area contributed by atoms with Crippen LogP contribution in [0.5, 0.6) is 5.75 Å². The molecule has 0 aliphatic heterocycles. The third-order valence-electron chi connectivity index (χ3n) is 3.72. The molecule has 2 N–H and O–H groups in total. The molecule has 0 amide bonds. The summed E-state index contributed by atoms with van der Waals surface area (Å²) >= 11 is 5.99. The Morgan fingerprint density at radius 1 is 1.18 bits per heavy atom. The number of aromatic hydroxyl groups is 1. The van der Waals surface area contributed by atoms with Crippen LogP contribution in [-0.2, 0) is 6.54 Å². The van der Waals surface area contributed by atoms with Gasteiger partial charge in [0.15, 0.2) is 0 Å². The zero-order valence-corrected chi connectivity index (χ0v) is 13.0. The van der Waals surface area contributed by atoms with E-state index in [4.69, 9.17) is 11.6 Å². The van der Waals surface area contributed by atoms with E-state index in [2.05, 4.69) is 22.4 Å². The second-order valence-corrected chi connectivity index (χ2v) is 5.78. The molecule has 0 bridgehead atoms. The predicted octanol–water partition coefficient (Wildman–Crippen LogP) is 4.44. The van der Waals surface area contributed by atoms with Crippen molar-refractivity contribution in [2.75, 3.05) is 0 Å². The van der Waals surface area contributed by atoms with Crippen LogP contribution in [0.3, 0.4) is 0 Å². The summed E-state index contributed by atoms with van der Waals surface area (Å²) in [6.07, 6.45) is 1.87. The summed E-state index contributed by atoms with van der Waals surface area (Å²) in [5.74, 6) is 0.251. The van der Waals surface area contributed by atoms with Crippen LogP contribution in [-0.4, -0.2) is 10.1 Å². The molecule has 1 unspecified atom stereocenters. The molecule has 0 aliphatic carbocycles. The first-order chi connectivity index (χ1) is 10.6. The molecule has 0 saturated carbocycles. The highest BCUT2D eigenvalue weighted by atomic mass is 35.5. The lowest BCUT2D eigenvalue weighted by molar-refractivity contribution is 0.452. The molecular weight excluding hydrogens is 296 g/mol. The van der Waals surface area contributed by atoms with Crippen LogP contribution in [0.2, 0.25) is 5.02 Å². The van der Waals surface area contributed by atoms with Crippen LogP contribution in [0, 0.1) is 0 Å². The van der Waals surface area contributed by atoms with Gasteiger partial charge in [0.1, 0.15) is 5.75 Å². The molecule has 0 aliphatic rings. The molecule has 0 radical (unpaired) electrons. The molecule has 112 valence electrons. The Kier molecular flexibility index (Phi) is 4.27. The maximum atomic E-state index is 9.93. The first kappa shape index (κ1) is 14.8. The Morgan fingerprint density at radius 3 is 2.86 bits per heavy atom. The Bertz CT molecular complexity index is 804. The Morgan fingerprint density at radius 2 is 2.00 bits per heavy atom. The molecule has 1 heterocycles. The fraction of sp³-hybridized carbons (Fsp3) is 0.167. The monoisotopic (exact) mass is 312 g/mol. The van der Waals surface area contributed by atoms with Crippen molar-refractivity contribution in [1.82, 2.24) is 10.3 Å². The van der Waals surface area contributed by atoms with E-state index in [-0.39, 0.29) is 11.8 Å². The van der Waals surface area contributed by atoms with E-state index < -0.39 is 0 Å². The lowest BCUT2D eigenvalue weighted by atomic mass is 10.1. The molecule has 3 rings (SSSR count). The van der Waals surface area contributed by atoms with Crippen LogP contribution in [0.15, 0.2) is 54.7 Å². The van der Waals surface area contributed by atoms with Crippen molar-refractivity contribution in [3.8, 4) is 5.75 Å². The number of benzene rings is 2. The normalized spacial score (nSPS) is 12.5. The van der Waals surface area contributed by atoms with Crippen LogP contribution >= 0.6 is 11.6 Å². The van der Waals surface area contributed by atoms with E-state index in [0.29, 0.717) is 11.6 Å². The summed E-state index contributed by atoms with van der Waals surface area (Å²) in [5, 5.41) is 15.1. The number of nitrogens with one attached hydrogen (secondary N) is 1. The number of phenolic OH excluding ortho intramolecular Hbond substituents is 1. The molecule has 0 saturated heterocycles. The van der Waals surface area contributed by atoms with Crippen LogP contribution < -0.4 is 5.32 Å². The van der Waals surface area contributed by atoms with Gasteiger partial charge in [0, 0.05) is 34.8 Å². The number of hydrogen-bond acceptors (Lipinski definition) is 3. The quantitative estimate of drug-likeness (QED) is 0.748. The van der Waals surface area contributed by atoms with Crippen molar-refractivity contribution in [3.63, 3.8) is 0 Å². The first-order valence-electron chi connectivity index (χ1n) is 7.19. The molecule has 4 heteroatoms. The lowest BCUT2D eigenvalue weighted by Crippen LogP contribution is -2.18. The fourth-order valence-electron chi connectivity index (χ4n) is 2.47. The molecule has 0 spiro atoms. The molecule has 2 aromatic carbocycles. The van der Waals surface area contributed by atoms with Crippen molar-refractivity contribution in [3.05, 3.63) is 70.9 Å². The van der Waals surface area contributed by atoms with Gasteiger partial charge in [-0.1, -0.05) is 29.8 Å². The summed E-state index contributed by atoms with van der Waals surface area (Å²) in [7, 11) is 0. The number of nitrogens with zero attached hydrogens (tertiary/aromatic N) is 1. The minimum absolute atomic E-state index is 0.00910. The standard InChI is InChI=1S/C18H17ClN2O/c1-12(16-9-15(19)6-7-18(16)22)20-10-13-8-14-4-2-3-5-17(14)21-11-13/h2-9,11-12,20,22H,10H2,1H3. The average Bonchev–Trinajstić information content (AvgIpc) is 2.54. The zero-order chi connectivity index (χ0) is 15.5. The number of hydrogen-bond donors (Lipinski definition) is 2. The van der Waals surface area contributed by atoms with Crippen molar-refractivity contribution in [2.24, 2.45) is 0 Å².